The summed E-state index contributed by atoms with van der Waals surface area (Å²) in [7, 11) is 1.23. The second-order valence-corrected chi connectivity index (χ2v) is 2.63. The average molecular weight is 219 g/mol. The molecule has 82 valence electrons. The lowest BCUT2D eigenvalue weighted by molar-refractivity contribution is -0.137. The number of pyridine rings is 1. The first-order valence-electron chi connectivity index (χ1n) is 3.91. The standard InChI is InChI=1S/C9H8F3NO2/c1-15-8-4-7(9(10,11)12)6(2-3-14)5-13-8/h2-5,14H,1H3/b3-2+. The Hall–Kier alpha value is -1.72. The van der Waals surface area contributed by atoms with Crippen LogP contribution in [-0.4, -0.2) is 17.2 Å². The van der Waals surface area contributed by atoms with Gasteiger partial charge in [0.1, 0.15) is 0 Å². The number of aliphatic hydroxyl groups excluding tert-OH is 1. The van der Waals surface area contributed by atoms with Crippen LogP contribution in [0, 0.1) is 0 Å². The quantitative estimate of drug-likeness (QED) is 0.777. The highest BCUT2D eigenvalue weighted by atomic mass is 19.4. The van der Waals surface area contributed by atoms with Gasteiger partial charge in [0.05, 0.1) is 18.9 Å². The Morgan fingerprint density at radius 3 is 2.60 bits per heavy atom. The van der Waals surface area contributed by atoms with Crippen molar-refractivity contribution < 1.29 is 23.0 Å². The summed E-state index contributed by atoms with van der Waals surface area (Å²) in [6, 6.07) is 0.773. The fourth-order valence-electron chi connectivity index (χ4n) is 1.02. The molecule has 0 aliphatic heterocycles. The summed E-state index contributed by atoms with van der Waals surface area (Å²) in [5, 5.41) is 8.43. The molecule has 6 heteroatoms. The van der Waals surface area contributed by atoms with Gasteiger partial charge in [0.25, 0.3) is 0 Å². The molecule has 15 heavy (non-hydrogen) atoms. The van der Waals surface area contributed by atoms with E-state index in [4.69, 9.17) is 5.11 Å². The molecule has 0 aliphatic rings. The summed E-state index contributed by atoms with van der Waals surface area (Å²) in [6.45, 7) is 0. The Kier molecular flexibility index (Phi) is 3.18. The average Bonchev–Trinajstić information content (AvgIpc) is 2.17. The lowest BCUT2D eigenvalue weighted by Crippen LogP contribution is -2.08. The summed E-state index contributed by atoms with van der Waals surface area (Å²) in [4.78, 5) is 3.61. The van der Waals surface area contributed by atoms with Gasteiger partial charge in [-0.05, 0) is 6.08 Å². The summed E-state index contributed by atoms with van der Waals surface area (Å²) in [5.74, 6) is -0.127. The molecule has 0 bridgehead atoms. The zero-order valence-corrected chi connectivity index (χ0v) is 7.75. The topological polar surface area (TPSA) is 42.4 Å². The van der Waals surface area contributed by atoms with Gasteiger partial charge in [-0.25, -0.2) is 4.98 Å². The van der Waals surface area contributed by atoms with Crippen molar-refractivity contribution in [3.8, 4) is 5.88 Å². The molecule has 0 amide bonds. The van der Waals surface area contributed by atoms with E-state index in [9.17, 15) is 13.2 Å². The van der Waals surface area contributed by atoms with Crippen LogP contribution in [0.1, 0.15) is 11.1 Å². The van der Waals surface area contributed by atoms with Crippen LogP contribution in [-0.2, 0) is 6.18 Å². The Labute approximate surface area is 83.8 Å². The van der Waals surface area contributed by atoms with Crippen molar-refractivity contribution in [2.45, 2.75) is 6.18 Å². The van der Waals surface area contributed by atoms with E-state index >= 15 is 0 Å². The number of hydrogen-bond acceptors (Lipinski definition) is 3. The zero-order valence-electron chi connectivity index (χ0n) is 7.75. The highest BCUT2D eigenvalue weighted by Gasteiger charge is 2.33. The number of aromatic nitrogens is 1. The fraction of sp³-hybridized carbons (Fsp3) is 0.222. The molecule has 0 spiro atoms. The van der Waals surface area contributed by atoms with E-state index in [1.807, 2.05) is 0 Å². The van der Waals surface area contributed by atoms with Crippen LogP contribution in [0.15, 0.2) is 18.5 Å². The molecule has 0 radical (unpaired) electrons. The largest absolute Gasteiger partial charge is 0.516 e. The van der Waals surface area contributed by atoms with Crippen molar-refractivity contribution in [3.05, 3.63) is 29.7 Å². The van der Waals surface area contributed by atoms with Crippen LogP contribution in [0.5, 0.6) is 5.88 Å². The lowest BCUT2D eigenvalue weighted by atomic mass is 10.1. The number of methoxy groups -OCH3 is 1. The predicted molar refractivity (Wildman–Crippen MR) is 47.5 cm³/mol. The minimum absolute atomic E-state index is 0.127. The van der Waals surface area contributed by atoms with Crippen LogP contribution in [0.3, 0.4) is 0 Å². The first kappa shape index (κ1) is 11.4. The minimum atomic E-state index is -4.51. The van der Waals surface area contributed by atoms with E-state index in [2.05, 4.69) is 9.72 Å². The SMILES string of the molecule is COc1cc(C(F)(F)F)c(/C=C/O)cn1. The Balaban J connectivity index is 3.29. The number of ether oxygens (including phenoxy) is 1. The molecule has 0 aromatic carbocycles. The Bertz CT molecular complexity index is 374. The van der Waals surface area contributed by atoms with Crippen LogP contribution in [0.2, 0.25) is 0 Å². The number of alkyl halides is 3. The molecule has 0 atom stereocenters. The molecule has 0 saturated carbocycles. The number of nitrogens with zero attached hydrogens (tertiary/aromatic N) is 1. The first-order chi connectivity index (χ1) is 6.99. The van der Waals surface area contributed by atoms with Gasteiger partial charge in [-0.1, -0.05) is 0 Å². The molecule has 1 aromatic rings. The van der Waals surface area contributed by atoms with Crippen molar-refractivity contribution in [1.82, 2.24) is 4.98 Å². The molecule has 0 aliphatic carbocycles. The van der Waals surface area contributed by atoms with Gasteiger partial charge in [0.2, 0.25) is 5.88 Å². The fourth-order valence-corrected chi connectivity index (χ4v) is 1.02. The van der Waals surface area contributed by atoms with Crippen LogP contribution in [0.4, 0.5) is 13.2 Å². The molecule has 3 nitrogen and oxygen atoms in total. The van der Waals surface area contributed by atoms with Gasteiger partial charge >= 0.3 is 6.18 Å². The minimum Gasteiger partial charge on any atom is -0.516 e. The van der Waals surface area contributed by atoms with Gasteiger partial charge in [-0.3, -0.25) is 0 Å². The first-order valence-corrected chi connectivity index (χ1v) is 3.91. The Morgan fingerprint density at radius 1 is 1.47 bits per heavy atom. The van der Waals surface area contributed by atoms with E-state index in [1.165, 1.54) is 7.11 Å². The Morgan fingerprint density at radius 2 is 2.13 bits per heavy atom. The molecule has 1 heterocycles. The van der Waals surface area contributed by atoms with Gasteiger partial charge in [0.15, 0.2) is 0 Å². The summed E-state index contributed by atoms with van der Waals surface area (Å²) >= 11 is 0. The van der Waals surface area contributed by atoms with Crippen molar-refractivity contribution in [1.29, 1.82) is 0 Å². The molecule has 0 unspecified atom stereocenters. The number of aliphatic hydroxyl groups is 1. The van der Waals surface area contributed by atoms with Crippen molar-refractivity contribution in [3.63, 3.8) is 0 Å². The monoisotopic (exact) mass is 219 g/mol. The van der Waals surface area contributed by atoms with Gasteiger partial charge in [0, 0.05) is 17.8 Å². The number of hydrogen-bond donors (Lipinski definition) is 1. The van der Waals surface area contributed by atoms with E-state index in [0.717, 1.165) is 18.3 Å². The van der Waals surface area contributed by atoms with Crippen LogP contribution >= 0.6 is 0 Å². The molecule has 1 rings (SSSR count). The van der Waals surface area contributed by atoms with E-state index in [0.29, 0.717) is 6.26 Å². The number of rotatable bonds is 2. The smallest absolute Gasteiger partial charge is 0.417 e. The van der Waals surface area contributed by atoms with Crippen molar-refractivity contribution in [2.24, 2.45) is 0 Å². The molecular formula is C9H8F3NO2. The maximum absolute atomic E-state index is 12.5. The van der Waals surface area contributed by atoms with Gasteiger partial charge < -0.3 is 9.84 Å². The van der Waals surface area contributed by atoms with Crippen molar-refractivity contribution >= 4 is 6.08 Å². The van der Waals surface area contributed by atoms with E-state index < -0.39 is 11.7 Å². The molecule has 1 aromatic heterocycles. The van der Waals surface area contributed by atoms with Crippen molar-refractivity contribution in [2.75, 3.05) is 7.11 Å². The normalized spacial score (nSPS) is 12.0. The van der Waals surface area contributed by atoms with Crippen LogP contribution in [0.25, 0.3) is 6.08 Å². The van der Waals surface area contributed by atoms with Crippen LogP contribution < -0.4 is 4.74 Å². The molecule has 0 fully saturated rings. The third-order valence-electron chi connectivity index (χ3n) is 1.68. The molecule has 0 saturated heterocycles. The van der Waals surface area contributed by atoms with Gasteiger partial charge in [-0.15, -0.1) is 0 Å². The molecule has 1 N–H and O–H groups in total. The van der Waals surface area contributed by atoms with E-state index in [-0.39, 0.29) is 11.4 Å². The maximum Gasteiger partial charge on any atom is 0.417 e. The summed E-state index contributed by atoms with van der Waals surface area (Å²) in [6.07, 6.45) is -2.09. The van der Waals surface area contributed by atoms with Gasteiger partial charge in [-0.2, -0.15) is 13.2 Å². The highest BCUT2D eigenvalue weighted by molar-refractivity contribution is 5.53. The lowest BCUT2D eigenvalue weighted by Gasteiger charge is -2.10. The maximum atomic E-state index is 12.5. The molecular weight excluding hydrogens is 211 g/mol. The number of halogens is 3. The predicted octanol–water partition coefficient (Wildman–Crippen LogP) is 2.64. The third kappa shape index (κ3) is 2.61. The zero-order chi connectivity index (χ0) is 11.5. The summed E-state index contributed by atoms with van der Waals surface area (Å²) < 4.78 is 42.1. The second-order valence-electron chi connectivity index (χ2n) is 2.63. The highest BCUT2D eigenvalue weighted by Crippen LogP contribution is 2.33. The second kappa shape index (κ2) is 4.20. The third-order valence-corrected chi connectivity index (χ3v) is 1.68. The van der Waals surface area contributed by atoms with E-state index in [1.54, 1.807) is 0 Å². The summed E-state index contributed by atoms with van der Waals surface area (Å²) in [5.41, 5.74) is -1.12.